The Morgan fingerprint density at radius 2 is 1.94 bits per heavy atom. The topological polar surface area (TPSA) is 37.8 Å². The van der Waals surface area contributed by atoms with Crippen LogP contribution in [0.3, 0.4) is 0 Å². The van der Waals surface area contributed by atoms with Gasteiger partial charge in [-0.2, -0.15) is 0 Å². The lowest BCUT2D eigenvalue weighted by molar-refractivity contribution is 1.04. The average Bonchev–Trinajstić information content (AvgIpc) is 2.32. The van der Waals surface area contributed by atoms with E-state index in [4.69, 9.17) is 23.2 Å². The molecule has 94 valence electrons. The standard InChI is InChI=1S/C13H13Cl2N3/c1-3-16-13-7-12(17-8(2)18-13)10-6-9(14)4-5-11(10)15/h4-7H,3H2,1-2H3,(H,16,17,18). The zero-order valence-corrected chi connectivity index (χ0v) is 11.7. The number of hydrogen-bond donors (Lipinski definition) is 1. The molecule has 0 aliphatic rings. The number of anilines is 1. The molecule has 1 N–H and O–H groups in total. The van der Waals surface area contributed by atoms with Gasteiger partial charge in [-0.1, -0.05) is 23.2 Å². The molecule has 0 bridgehead atoms. The molecule has 0 saturated carbocycles. The Morgan fingerprint density at radius 3 is 2.67 bits per heavy atom. The fourth-order valence-corrected chi connectivity index (χ4v) is 2.06. The molecule has 1 aromatic heterocycles. The molecule has 2 rings (SSSR count). The highest BCUT2D eigenvalue weighted by Crippen LogP contribution is 2.30. The molecule has 0 aliphatic heterocycles. The van der Waals surface area contributed by atoms with Gasteiger partial charge in [-0.05, 0) is 32.0 Å². The maximum absolute atomic E-state index is 6.17. The summed E-state index contributed by atoms with van der Waals surface area (Å²) in [6.45, 7) is 4.67. The van der Waals surface area contributed by atoms with Crippen LogP contribution in [0.5, 0.6) is 0 Å². The van der Waals surface area contributed by atoms with Gasteiger partial charge in [0.2, 0.25) is 0 Å². The van der Waals surface area contributed by atoms with Crippen molar-refractivity contribution in [3.05, 3.63) is 40.1 Å². The van der Waals surface area contributed by atoms with Crippen molar-refractivity contribution < 1.29 is 0 Å². The molecule has 0 radical (unpaired) electrons. The molecule has 2 aromatic rings. The summed E-state index contributed by atoms with van der Waals surface area (Å²) in [5.41, 5.74) is 1.58. The van der Waals surface area contributed by atoms with Gasteiger partial charge in [-0.3, -0.25) is 0 Å². The highest BCUT2D eigenvalue weighted by molar-refractivity contribution is 6.35. The maximum atomic E-state index is 6.17. The van der Waals surface area contributed by atoms with Gasteiger partial charge < -0.3 is 5.32 Å². The van der Waals surface area contributed by atoms with Crippen molar-refractivity contribution in [3.8, 4) is 11.3 Å². The number of rotatable bonds is 3. The van der Waals surface area contributed by atoms with Gasteiger partial charge in [0, 0.05) is 23.2 Å². The van der Waals surface area contributed by atoms with Crippen LogP contribution >= 0.6 is 23.2 Å². The first-order valence-electron chi connectivity index (χ1n) is 5.65. The zero-order valence-electron chi connectivity index (χ0n) is 10.2. The van der Waals surface area contributed by atoms with E-state index in [0.717, 1.165) is 23.6 Å². The molecule has 0 fully saturated rings. The average molecular weight is 282 g/mol. The van der Waals surface area contributed by atoms with Crippen LogP contribution in [0.4, 0.5) is 5.82 Å². The second kappa shape index (κ2) is 5.55. The summed E-state index contributed by atoms with van der Waals surface area (Å²) >= 11 is 12.2. The molecule has 5 heteroatoms. The summed E-state index contributed by atoms with van der Waals surface area (Å²) in [4.78, 5) is 8.70. The van der Waals surface area contributed by atoms with Gasteiger partial charge in [0.05, 0.1) is 10.7 Å². The largest absolute Gasteiger partial charge is 0.370 e. The van der Waals surface area contributed by atoms with Crippen LogP contribution in [0.2, 0.25) is 10.0 Å². The van der Waals surface area contributed by atoms with E-state index in [1.807, 2.05) is 19.9 Å². The Bertz CT molecular complexity index is 570. The van der Waals surface area contributed by atoms with Gasteiger partial charge in [0.25, 0.3) is 0 Å². The van der Waals surface area contributed by atoms with Gasteiger partial charge in [0.1, 0.15) is 11.6 Å². The Balaban J connectivity index is 2.52. The normalized spacial score (nSPS) is 10.4. The predicted molar refractivity (Wildman–Crippen MR) is 76.4 cm³/mol. The fraction of sp³-hybridized carbons (Fsp3) is 0.231. The lowest BCUT2D eigenvalue weighted by Crippen LogP contribution is -2.02. The second-order valence-electron chi connectivity index (χ2n) is 3.84. The molecular weight excluding hydrogens is 269 g/mol. The Morgan fingerprint density at radius 1 is 1.17 bits per heavy atom. The molecule has 0 spiro atoms. The highest BCUT2D eigenvalue weighted by Gasteiger charge is 2.08. The Kier molecular flexibility index (Phi) is 4.04. The lowest BCUT2D eigenvalue weighted by atomic mass is 10.1. The molecule has 0 amide bonds. The van der Waals surface area contributed by atoms with Gasteiger partial charge in [0.15, 0.2) is 0 Å². The first-order chi connectivity index (χ1) is 8.60. The fourth-order valence-electron chi connectivity index (χ4n) is 1.67. The predicted octanol–water partition coefficient (Wildman–Crippen LogP) is 4.19. The van der Waals surface area contributed by atoms with Crippen molar-refractivity contribution in [2.75, 3.05) is 11.9 Å². The molecule has 0 atom stereocenters. The lowest BCUT2D eigenvalue weighted by Gasteiger charge is -2.08. The molecule has 0 aliphatic carbocycles. The number of aromatic nitrogens is 2. The highest BCUT2D eigenvalue weighted by atomic mass is 35.5. The van der Waals surface area contributed by atoms with E-state index < -0.39 is 0 Å². The minimum Gasteiger partial charge on any atom is -0.370 e. The van der Waals surface area contributed by atoms with E-state index in [1.54, 1.807) is 18.2 Å². The molecular formula is C13H13Cl2N3. The first-order valence-corrected chi connectivity index (χ1v) is 6.40. The van der Waals surface area contributed by atoms with Crippen LogP contribution in [0.25, 0.3) is 11.3 Å². The van der Waals surface area contributed by atoms with Gasteiger partial charge in [-0.25, -0.2) is 9.97 Å². The summed E-state index contributed by atoms with van der Waals surface area (Å²) in [5, 5.41) is 4.43. The van der Waals surface area contributed by atoms with E-state index >= 15 is 0 Å². The third-order valence-corrected chi connectivity index (χ3v) is 2.96. The third-order valence-electron chi connectivity index (χ3n) is 2.40. The van der Waals surface area contributed by atoms with E-state index in [1.165, 1.54) is 0 Å². The third kappa shape index (κ3) is 2.92. The molecule has 1 aromatic carbocycles. The van der Waals surface area contributed by atoms with Crippen LogP contribution < -0.4 is 5.32 Å². The van der Waals surface area contributed by atoms with Crippen molar-refractivity contribution in [2.24, 2.45) is 0 Å². The van der Waals surface area contributed by atoms with E-state index in [2.05, 4.69) is 15.3 Å². The number of aryl methyl sites for hydroxylation is 1. The van der Waals surface area contributed by atoms with Crippen LogP contribution in [-0.4, -0.2) is 16.5 Å². The summed E-state index contributed by atoms with van der Waals surface area (Å²) < 4.78 is 0. The quantitative estimate of drug-likeness (QED) is 0.917. The second-order valence-corrected chi connectivity index (χ2v) is 4.68. The van der Waals surface area contributed by atoms with Crippen molar-refractivity contribution in [1.29, 1.82) is 0 Å². The van der Waals surface area contributed by atoms with E-state index in [0.29, 0.717) is 15.9 Å². The van der Waals surface area contributed by atoms with E-state index in [9.17, 15) is 0 Å². The van der Waals surface area contributed by atoms with Gasteiger partial charge in [-0.15, -0.1) is 0 Å². The van der Waals surface area contributed by atoms with Crippen molar-refractivity contribution in [3.63, 3.8) is 0 Å². The number of benzene rings is 1. The molecule has 18 heavy (non-hydrogen) atoms. The van der Waals surface area contributed by atoms with Crippen LogP contribution in [0.15, 0.2) is 24.3 Å². The smallest absolute Gasteiger partial charge is 0.130 e. The molecule has 3 nitrogen and oxygen atoms in total. The summed E-state index contributed by atoms with van der Waals surface area (Å²) in [7, 11) is 0. The number of nitrogens with zero attached hydrogens (tertiary/aromatic N) is 2. The summed E-state index contributed by atoms with van der Waals surface area (Å²) in [6, 6.07) is 7.20. The maximum Gasteiger partial charge on any atom is 0.130 e. The SMILES string of the molecule is CCNc1cc(-c2cc(Cl)ccc2Cl)nc(C)n1. The first kappa shape index (κ1) is 13.1. The monoisotopic (exact) mass is 281 g/mol. The summed E-state index contributed by atoms with van der Waals surface area (Å²) in [6.07, 6.45) is 0. The van der Waals surface area contributed by atoms with Crippen LogP contribution in [0.1, 0.15) is 12.7 Å². The minimum absolute atomic E-state index is 0.625. The van der Waals surface area contributed by atoms with Crippen LogP contribution in [0, 0.1) is 6.92 Å². The van der Waals surface area contributed by atoms with Crippen molar-refractivity contribution in [2.45, 2.75) is 13.8 Å². The summed E-state index contributed by atoms with van der Waals surface area (Å²) in [5.74, 6) is 1.48. The number of halogens is 2. The number of nitrogens with one attached hydrogen (secondary N) is 1. The zero-order chi connectivity index (χ0) is 13.1. The van der Waals surface area contributed by atoms with Gasteiger partial charge >= 0.3 is 0 Å². The minimum atomic E-state index is 0.625. The molecule has 0 saturated heterocycles. The molecule has 1 heterocycles. The van der Waals surface area contributed by atoms with E-state index in [-0.39, 0.29) is 0 Å². The number of hydrogen-bond acceptors (Lipinski definition) is 3. The molecule has 0 unspecified atom stereocenters. The van der Waals surface area contributed by atoms with Crippen LogP contribution in [-0.2, 0) is 0 Å². The van der Waals surface area contributed by atoms with Crippen molar-refractivity contribution in [1.82, 2.24) is 9.97 Å². The van der Waals surface area contributed by atoms with Crippen molar-refractivity contribution >= 4 is 29.0 Å². The Labute approximate surface area is 116 Å². The Hall–Kier alpha value is -1.32.